The van der Waals surface area contributed by atoms with E-state index in [0.717, 1.165) is 5.39 Å². The number of aromatic nitrogens is 4. The SMILES string of the molecule is CC(O)COc1cccc2ccc(-c3nnc4ccc(C(N5CCC(N)C5)C(F)(F)F)cn34)nc12. The average molecular weight is 486 g/mol. The maximum absolute atomic E-state index is 14.1. The van der Waals surface area contributed by atoms with Gasteiger partial charge in [0.05, 0.1) is 6.10 Å². The number of pyridine rings is 2. The first-order valence-corrected chi connectivity index (χ1v) is 11.3. The molecule has 3 N–H and O–H groups in total. The molecule has 3 aromatic heterocycles. The first-order chi connectivity index (χ1) is 16.7. The lowest BCUT2D eigenvalue weighted by Crippen LogP contribution is -2.38. The lowest BCUT2D eigenvalue weighted by molar-refractivity contribution is -0.183. The number of para-hydroxylation sites is 1. The van der Waals surface area contributed by atoms with E-state index >= 15 is 0 Å². The van der Waals surface area contributed by atoms with Crippen LogP contribution in [0.4, 0.5) is 13.2 Å². The van der Waals surface area contributed by atoms with Gasteiger partial charge in [-0.1, -0.05) is 24.3 Å². The van der Waals surface area contributed by atoms with Gasteiger partial charge < -0.3 is 15.6 Å². The number of alkyl halides is 3. The molecule has 11 heteroatoms. The van der Waals surface area contributed by atoms with Crippen LogP contribution < -0.4 is 10.5 Å². The second-order valence-corrected chi connectivity index (χ2v) is 8.89. The summed E-state index contributed by atoms with van der Waals surface area (Å²) in [6.45, 7) is 2.17. The highest BCUT2D eigenvalue weighted by atomic mass is 19.4. The molecule has 1 saturated heterocycles. The van der Waals surface area contributed by atoms with E-state index < -0.39 is 18.3 Å². The standard InChI is InChI=1S/C24H25F3N6O2/c1-14(34)13-35-19-4-2-3-15-5-7-18(29-21(15)19)23-31-30-20-8-6-16(11-33(20)23)22(24(25,26)27)32-10-9-17(28)12-32/h2-8,11,14,17,22,34H,9-10,12-13,28H2,1H3. The Bertz CT molecular complexity index is 1360. The summed E-state index contributed by atoms with van der Waals surface area (Å²) in [6.07, 6.45) is -3.18. The van der Waals surface area contributed by atoms with Gasteiger partial charge in [-0.25, -0.2) is 4.98 Å². The molecule has 35 heavy (non-hydrogen) atoms. The number of hydrogen-bond acceptors (Lipinski definition) is 7. The van der Waals surface area contributed by atoms with Gasteiger partial charge in [0.15, 0.2) is 11.5 Å². The Hall–Kier alpha value is -3.28. The first-order valence-electron chi connectivity index (χ1n) is 11.3. The maximum Gasteiger partial charge on any atom is 0.408 e. The Morgan fingerprint density at radius 3 is 2.71 bits per heavy atom. The predicted octanol–water partition coefficient (Wildman–Crippen LogP) is 3.34. The van der Waals surface area contributed by atoms with Crippen molar-refractivity contribution in [2.45, 2.75) is 37.7 Å². The van der Waals surface area contributed by atoms with Crippen molar-refractivity contribution in [1.29, 1.82) is 0 Å². The Labute approximate surface area is 199 Å². The number of rotatable bonds is 6. The molecule has 3 unspecified atom stereocenters. The summed E-state index contributed by atoms with van der Waals surface area (Å²) < 4.78 is 49.6. The van der Waals surface area contributed by atoms with E-state index in [2.05, 4.69) is 15.2 Å². The number of aliphatic hydroxyl groups excluding tert-OH is 1. The van der Waals surface area contributed by atoms with Crippen molar-refractivity contribution < 1.29 is 23.0 Å². The molecule has 1 aliphatic rings. The highest BCUT2D eigenvalue weighted by Gasteiger charge is 2.46. The summed E-state index contributed by atoms with van der Waals surface area (Å²) in [5, 5.41) is 18.7. The van der Waals surface area contributed by atoms with Crippen LogP contribution in [0.25, 0.3) is 28.1 Å². The van der Waals surface area contributed by atoms with Gasteiger partial charge >= 0.3 is 6.18 Å². The van der Waals surface area contributed by atoms with Crippen molar-refractivity contribution in [2.24, 2.45) is 5.73 Å². The summed E-state index contributed by atoms with van der Waals surface area (Å²) in [6, 6.07) is 9.92. The van der Waals surface area contributed by atoms with Crippen molar-refractivity contribution in [1.82, 2.24) is 24.5 Å². The third-order valence-corrected chi connectivity index (χ3v) is 6.06. The number of benzene rings is 1. The minimum atomic E-state index is -4.47. The van der Waals surface area contributed by atoms with Crippen LogP contribution in [0.1, 0.15) is 24.9 Å². The molecule has 0 spiro atoms. The third-order valence-electron chi connectivity index (χ3n) is 6.06. The summed E-state index contributed by atoms with van der Waals surface area (Å²) in [4.78, 5) is 6.05. The molecule has 0 radical (unpaired) electrons. The Morgan fingerprint density at radius 2 is 2.00 bits per heavy atom. The molecule has 0 aliphatic carbocycles. The number of likely N-dealkylation sites (tertiary alicyclic amines) is 1. The van der Waals surface area contributed by atoms with Crippen LogP contribution in [-0.4, -0.2) is 67.6 Å². The first kappa shape index (κ1) is 23.5. The van der Waals surface area contributed by atoms with Crippen LogP contribution in [0, 0.1) is 0 Å². The summed E-state index contributed by atoms with van der Waals surface area (Å²) in [5.41, 5.74) is 7.36. The van der Waals surface area contributed by atoms with Crippen LogP contribution in [0.15, 0.2) is 48.7 Å². The fraction of sp³-hybridized carbons (Fsp3) is 0.375. The molecule has 1 aliphatic heterocycles. The average Bonchev–Trinajstić information content (AvgIpc) is 3.42. The molecule has 4 aromatic rings. The Morgan fingerprint density at radius 1 is 1.17 bits per heavy atom. The van der Waals surface area contributed by atoms with Crippen LogP contribution >= 0.6 is 0 Å². The number of nitrogens with two attached hydrogens (primary N) is 1. The smallest absolute Gasteiger partial charge is 0.408 e. The maximum atomic E-state index is 14.1. The topological polar surface area (TPSA) is 102 Å². The van der Waals surface area contributed by atoms with E-state index in [1.54, 1.807) is 19.1 Å². The van der Waals surface area contributed by atoms with Crippen molar-refractivity contribution >= 4 is 16.6 Å². The Balaban J connectivity index is 1.57. The van der Waals surface area contributed by atoms with E-state index in [1.165, 1.54) is 27.6 Å². The van der Waals surface area contributed by atoms with Gasteiger partial charge in [-0.3, -0.25) is 9.30 Å². The summed E-state index contributed by atoms with van der Waals surface area (Å²) >= 11 is 0. The second kappa shape index (κ2) is 9.06. The zero-order valence-electron chi connectivity index (χ0n) is 19.0. The highest BCUT2D eigenvalue weighted by molar-refractivity contribution is 5.86. The molecule has 0 bridgehead atoms. The molecular formula is C24H25F3N6O2. The minimum absolute atomic E-state index is 0.0851. The van der Waals surface area contributed by atoms with Crippen LogP contribution in [0.5, 0.6) is 5.75 Å². The molecule has 4 heterocycles. The molecule has 0 amide bonds. The van der Waals surface area contributed by atoms with Crippen molar-refractivity contribution in [3.05, 3.63) is 54.2 Å². The van der Waals surface area contributed by atoms with Gasteiger partial charge in [-0.2, -0.15) is 13.2 Å². The molecule has 3 atom stereocenters. The van der Waals surface area contributed by atoms with Gasteiger partial charge in [-0.05, 0) is 37.1 Å². The van der Waals surface area contributed by atoms with E-state index in [1.807, 2.05) is 18.2 Å². The second-order valence-electron chi connectivity index (χ2n) is 8.89. The monoisotopic (exact) mass is 486 g/mol. The van der Waals surface area contributed by atoms with Gasteiger partial charge in [0, 0.05) is 30.7 Å². The zero-order valence-corrected chi connectivity index (χ0v) is 19.0. The molecule has 1 fully saturated rings. The number of nitrogens with zero attached hydrogens (tertiary/aromatic N) is 5. The number of aliphatic hydroxyl groups is 1. The fourth-order valence-corrected chi connectivity index (χ4v) is 4.47. The van der Waals surface area contributed by atoms with E-state index in [0.29, 0.717) is 34.9 Å². The largest absolute Gasteiger partial charge is 0.489 e. The van der Waals surface area contributed by atoms with E-state index in [-0.39, 0.29) is 31.3 Å². The van der Waals surface area contributed by atoms with Crippen LogP contribution in [0.2, 0.25) is 0 Å². The van der Waals surface area contributed by atoms with E-state index in [9.17, 15) is 18.3 Å². The summed E-state index contributed by atoms with van der Waals surface area (Å²) in [7, 11) is 0. The lowest BCUT2D eigenvalue weighted by atomic mass is 10.1. The van der Waals surface area contributed by atoms with Crippen molar-refractivity contribution in [3.63, 3.8) is 0 Å². The zero-order chi connectivity index (χ0) is 24.7. The third kappa shape index (κ3) is 4.66. The molecule has 1 aromatic carbocycles. The van der Waals surface area contributed by atoms with E-state index in [4.69, 9.17) is 10.5 Å². The van der Waals surface area contributed by atoms with Gasteiger partial charge in [0.1, 0.15) is 29.6 Å². The van der Waals surface area contributed by atoms with Crippen LogP contribution in [0.3, 0.4) is 0 Å². The fourth-order valence-electron chi connectivity index (χ4n) is 4.47. The number of ether oxygens (including phenoxy) is 1. The molecular weight excluding hydrogens is 461 g/mol. The Kier molecular flexibility index (Phi) is 6.07. The van der Waals surface area contributed by atoms with Gasteiger partial charge in [-0.15, -0.1) is 10.2 Å². The minimum Gasteiger partial charge on any atom is -0.489 e. The summed E-state index contributed by atoms with van der Waals surface area (Å²) in [5.74, 6) is 0.801. The van der Waals surface area contributed by atoms with Crippen molar-refractivity contribution in [2.75, 3.05) is 19.7 Å². The van der Waals surface area contributed by atoms with Crippen molar-refractivity contribution in [3.8, 4) is 17.3 Å². The van der Waals surface area contributed by atoms with Crippen LogP contribution in [-0.2, 0) is 0 Å². The number of halogens is 3. The predicted molar refractivity (Wildman–Crippen MR) is 124 cm³/mol. The van der Waals surface area contributed by atoms with Gasteiger partial charge in [0.2, 0.25) is 0 Å². The number of fused-ring (bicyclic) bond motifs is 2. The quantitative estimate of drug-likeness (QED) is 0.431. The van der Waals surface area contributed by atoms with Gasteiger partial charge in [0.25, 0.3) is 0 Å². The number of hydrogen-bond donors (Lipinski definition) is 2. The molecule has 0 saturated carbocycles. The normalized spacial score (nSPS) is 18.9. The molecule has 184 valence electrons. The molecule has 5 rings (SSSR count). The lowest BCUT2D eigenvalue weighted by Gasteiger charge is -2.30. The molecule has 8 nitrogen and oxygen atoms in total. The highest BCUT2D eigenvalue weighted by Crippen LogP contribution is 2.39.